The van der Waals surface area contributed by atoms with Gasteiger partial charge in [0.05, 0.1) is 5.33 Å². The molecule has 0 amide bonds. The van der Waals surface area contributed by atoms with E-state index in [0.717, 1.165) is 5.33 Å². The number of allylic oxidation sites excluding steroid dienone is 1. The third-order valence-corrected chi connectivity index (χ3v) is 5.88. The molecule has 0 N–H and O–H groups in total. The van der Waals surface area contributed by atoms with Crippen molar-refractivity contribution in [3.8, 4) is 0 Å². The van der Waals surface area contributed by atoms with Gasteiger partial charge in [0.2, 0.25) is 0 Å². The van der Waals surface area contributed by atoms with Crippen molar-refractivity contribution in [3.63, 3.8) is 0 Å². The molecule has 0 aromatic heterocycles. The standard InChI is InChI=1S/C3H3Br4P/c4-1-3(2-5)8(6)7/h1H,2H2/b3-1-. The summed E-state index contributed by atoms with van der Waals surface area (Å²) in [4.78, 5) is 1.91. The molecule has 0 saturated carbocycles. The van der Waals surface area contributed by atoms with E-state index in [-0.39, 0.29) is 5.33 Å². The van der Waals surface area contributed by atoms with E-state index >= 15 is 0 Å². The minimum absolute atomic E-state index is 0.272. The summed E-state index contributed by atoms with van der Waals surface area (Å²) >= 11 is 13.4. The van der Waals surface area contributed by atoms with Crippen molar-refractivity contribution in [1.82, 2.24) is 0 Å². The molecule has 0 aliphatic carbocycles. The maximum atomic E-state index is 3.41. The van der Waals surface area contributed by atoms with Crippen molar-refractivity contribution >= 4 is 68.2 Å². The Morgan fingerprint density at radius 1 is 1.50 bits per heavy atom. The first-order chi connectivity index (χ1) is 3.72. The number of rotatable bonds is 2. The van der Waals surface area contributed by atoms with Gasteiger partial charge in [-0.1, -0.05) is 31.9 Å². The number of halogens is 4. The summed E-state index contributed by atoms with van der Waals surface area (Å²) in [5.74, 6) is 0. The number of hydrogen-bond acceptors (Lipinski definition) is 0. The van der Waals surface area contributed by atoms with Crippen LogP contribution in [0.1, 0.15) is 0 Å². The Kier molecular flexibility index (Phi) is 7.37. The second kappa shape index (κ2) is 5.84. The Morgan fingerprint density at radius 3 is 2.00 bits per heavy atom. The Balaban J connectivity index is 3.72. The van der Waals surface area contributed by atoms with Crippen LogP contribution in [0.3, 0.4) is 0 Å². The number of hydrogen-bond donors (Lipinski definition) is 0. The quantitative estimate of drug-likeness (QED) is 0.473. The van der Waals surface area contributed by atoms with Crippen LogP contribution in [-0.4, -0.2) is 5.33 Å². The molecule has 8 heavy (non-hydrogen) atoms. The lowest BCUT2D eigenvalue weighted by Crippen LogP contribution is -1.68. The minimum Gasteiger partial charge on any atom is -0.0875 e. The van der Waals surface area contributed by atoms with Gasteiger partial charge in [-0.05, 0) is 41.3 Å². The minimum atomic E-state index is -0.272. The Morgan fingerprint density at radius 2 is 2.00 bits per heavy atom. The smallest absolute Gasteiger partial charge is 0.0627 e. The van der Waals surface area contributed by atoms with Crippen molar-refractivity contribution in [2.24, 2.45) is 0 Å². The van der Waals surface area contributed by atoms with Gasteiger partial charge in [0, 0.05) is 5.33 Å². The van der Waals surface area contributed by atoms with Crippen molar-refractivity contribution in [3.05, 3.63) is 10.3 Å². The van der Waals surface area contributed by atoms with E-state index < -0.39 is 0 Å². The molecule has 48 valence electrons. The maximum absolute atomic E-state index is 3.41. The van der Waals surface area contributed by atoms with Gasteiger partial charge in [-0.2, -0.15) is 0 Å². The van der Waals surface area contributed by atoms with E-state index in [0.29, 0.717) is 0 Å². The molecule has 0 aliphatic heterocycles. The molecule has 0 radical (unpaired) electrons. The highest BCUT2D eigenvalue weighted by Crippen LogP contribution is 2.59. The first-order valence-electron chi connectivity index (χ1n) is 1.69. The largest absolute Gasteiger partial charge is 0.0875 e. The average Bonchev–Trinajstić information content (AvgIpc) is 1.69. The SMILES string of the molecule is Br/C=C(/CBr)P(Br)Br. The fourth-order valence-corrected chi connectivity index (χ4v) is 7.43. The van der Waals surface area contributed by atoms with Crippen LogP contribution >= 0.6 is 68.2 Å². The molecule has 0 aromatic carbocycles. The van der Waals surface area contributed by atoms with Gasteiger partial charge in [0.1, 0.15) is 0 Å². The van der Waals surface area contributed by atoms with Crippen LogP contribution < -0.4 is 0 Å². The molecule has 0 saturated heterocycles. The fraction of sp³-hybridized carbons (Fsp3) is 0.333. The van der Waals surface area contributed by atoms with E-state index in [1.54, 1.807) is 0 Å². The molecule has 0 bridgehead atoms. The summed E-state index contributed by atoms with van der Waals surface area (Å²) in [7, 11) is 0. The van der Waals surface area contributed by atoms with Gasteiger partial charge in [-0.3, -0.25) is 0 Å². The molecule has 5 heteroatoms. The Hall–Kier alpha value is 2.09. The molecule has 0 heterocycles. The van der Waals surface area contributed by atoms with Gasteiger partial charge in [0.15, 0.2) is 0 Å². The molecule has 0 atom stereocenters. The van der Waals surface area contributed by atoms with Crippen molar-refractivity contribution in [2.45, 2.75) is 0 Å². The van der Waals surface area contributed by atoms with Crippen LogP contribution in [0.4, 0.5) is 0 Å². The molecule has 0 nitrogen and oxygen atoms in total. The highest BCUT2D eigenvalue weighted by Gasteiger charge is 2.01. The third-order valence-electron chi connectivity index (χ3n) is 0.480. The highest BCUT2D eigenvalue weighted by molar-refractivity contribution is 9.70. The van der Waals surface area contributed by atoms with Gasteiger partial charge in [-0.25, -0.2) is 0 Å². The normalized spacial score (nSPS) is 12.9. The van der Waals surface area contributed by atoms with Crippen LogP contribution in [-0.2, 0) is 0 Å². The lowest BCUT2D eigenvalue weighted by molar-refractivity contribution is 1.79. The average molecular weight is 390 g/mol. The van der Waals surface area contributed by atoms with Gasteiger partial charge >= 0.3 is 0 Å². The first kappa shape index (κ1) is 10.1. The van der Waals surface area contributed by atoms with Crippen LogP contribution in [0.15, 0.2) is 10.3 Å². The maximum Gasteiger partial charge on any atom is 0.0627 e. The summed E-state index contributed by atoms with van der Waals surface area (Å²) in [5, 5.41) is 1.92. The predicted octanol–water partition coefficient (Wildman–Crippen LogP) is 4.72. The van der Waals surface area contributed by atoms with Crippen LogP contribution in [0.25, 0.3) is 0 Å². The van der Waals surface area contributed by atoms with E-state index in [1.807, 2.05) is 4.99 Å². The zero-order valence-electron chi connectivity index (χ0n) is 3.74. The second-order valence-corrected chi connectivity index (χ2v) is 10.1. The summed E-state index contributed by atoms with van der Waals surface area (Å²) in [6.07, 6.45) is 0. The highest BCUT2D eigenvalue weighted by atomic mass is 79.9. The molecule has 0 rings (SSSR count). The lowest BCUT2D eigenvalue weighted by atomic mass is 10.8. The zero-order valence-corrected chi connectivity index (χ0v) is 11.0. The summed E-state index contributed by atoms with van der Waals surface area (Å²) < 4.78 is 0. The summed E-state index contributed by atoms with van der Waals surface area (Å²) in [6.45, 7) is 0. The van der Waals surface area contributed by atoms with E-state index in [2.05, 4.69) is 62.8 Å². The summed E-state index contributed by atoms with van der Waals surface area (Å²) in [6, 6.07) is 0. The van der Waals surface area contributed by atoms with E-state index in [4.69, 9.17) is 0 Å². The summed E-state index contributed by atoms with van der Waals surface area (Å²) in [5.41, 5.74) is 0. The van der Waals surface area contributed by atoms with Crippen LogP contribution in [0.2, 0.25) is 0 Å². The lowest BCUT2D eigenvalue weighted by Gasteiger charge is -1.99. The van der Waals surface area contributed by atoms with Crippen molar-refractivity contribution < 1.29 is 0 Å². The van der Waals surface area contributed by atoms with E-state index in [9.17, 15) is 0 Å². The van der Waals surface area contributed by atoms with Crippen LogP contribution in [0, 0.1) is 0 Å². The van der Waals surface area contributed by atoms with Gasteiger partial charge in [-0.15, -0.1) is 0 Å². The Labute approximate surface area is 83.0 Å². The fourth-order valence-electron chi connectivity index (χ4n) is 0.111. The van der Waals surface area contributed by atoms with Crippen LogP contribution in [0.5, 0.6) is 0 Å². The topological polar surface area (TPSA) is 0 Å². The van der Waals surface area contributed by atoms with E-state index in [1.165, 1.54) is 5.31 Å². The van der Waals surface area contributed by atoms with Crippen molar-refractivity contribution in [2.75, 3.05) is 5.33 Å². The second-order valence-electron chi connectivity index (χ2n) is 0.967. The van der Waals surface area contributed by atoms with Crippen molar-refractivity contribution in [1.29, 1.82) is 0 Å². The molecular formula is C3H3Br4P. The first-order valence-corrected chi connectivity index (χ1v) is 9.11. The van der Waals surface area contributed by atoms with Gasteiger partial charge < -0.3 is 0 Å². The molecule has 0 spiro atoms. The molecular weight excluding hydrogens is 387 g/mol. The zero-order chi connectivity index (χ0) is 6.57. The molecule has 0 unspecified atom stereocenters. The molecule has 0 aromatic rings. The van der Waals surface area contributed by atoms with Gasteiger partial charge in [0.25, 0.3) is 0 Å². The molecule has 0 fully saturated rings. The monoisotopic (exact) mass is 386 g/mol. The molecule has 0 aliphatic rings. The third kappa shape index (κ3) is 3.99. The number of alkyl halides is 1. The Bertz CT molecular complexity index is 89.3. The predicted molar refractivity (Wildman–Crippen MR) is 55.6 cm³/mol.